The number of amides is 1. The van der Waals surface area contributed by atoms with Crippen LogP contribution >= 0.6 is 23.1 Å². The first-order valence-corrected chi connectivity index (χ1v) is 9.66. The van der Waals surface area contributed by atoms with E-state index in [2.05, 4.69) is 20.8 Å². The van der Waals surface area contributed by atoms with Gasteiger partial charge in [0.25, 0.3) is 0 Å². The van der Waals surface area contributed by atoms with Crippen LogP contribution in [0.15, 0.2) is 28.6 Å². The molecule has 1 atom stereocenters. The van der Waals surface area contributed by atoms with E-state index in [1.165, 1.54) is 30.0 Å². The summed E-state index contributed by atoms with van der Waals surface area (Å²) in [5.41, 5.74) is -0.859. The summed E-state index contributed by atoms with van der Waals surface area (Å²) in [5, 5.41) is 13.5. The zero-order valence-corrected chi connectivity index (χ0v) is 16.1. The Morgan fingerprint density at radius 1 is 1.23 bits per heavy atom. The first-order chi connectivity index (χ1) is 12.2. The summed E-state index contributed by atoms with van der Waals surface area (Å²) in [7, 11) is 0. The van der Waals surface area contributed by atoms with E-state index in [0.29, 0.717) is 10.3 Å². The van der Waals surface area contributed by atoms with Gasteiger partial charge >= 0.3 is 6.18 Å². The van der Waals surface area contributed by atoms with Gasteiger partial charge in [0, 0.05) is 6.04 Å². The molecule has 0 aliphatic carbocycles. The zero-order chi connectivity index (χ0) is 19.3. The van der Waals surface area contributed by atoms with Gasteiger partial charge < -0.3 is 10.6 Å². The van der Waals surface area contributed by atoms with E-state index in [0.717, 1.165) is 17.4 Å². The van der Waals surface area contributed by atoms with Crippen LogP contribution in [0.5, 0.6) is 0 Å². The van der Waals surface area contributed by atoms with Crippen molar-refractivity contribution in [1.29, 1.82) is 0 Å². The molecule has 5 nitrogen and oxygen atoms in total. The number of alkyl halides is 3. The van der Waals surface area contributed by atoms with Crippen LogP contribution in [-0.4, -0.2) is 27.9 Å². The Morgan fingerprint density at radius 3 is 2.58 bits per heavy atom. The fourth-order valence-corrected chi connectivity index (χ4v) is 3.44. The highest BCUT2D eigenvalue weighted by Gasteiger charge is 2.33. The van der Waals surface area contributed by atoms with Gasteiger partial charge in [-0.05, 0) is 25.0 Å². The van der Waals surface area contributed by atoms with E-state index in [1.54, 1.807) is 0 Å². The summed E-state index contributed by atoms with van der Waals surface area (Å²) in [4.78, 5) is 11.9. The second-order valence-corrected chi connectivity index (χ2v) is 8.13. The SMILES string of the molecule is CC(C)[C@H](C)NC(=O)CSc1nnc(Nc2ccccc2C(F)(F)F)s1. The van der Waals surface area contributed by atoms with Crippen molar-refractivity contribution in [3.63, 3.8) is 0 Å². The third kappa shape index (κ3) is 5.87. The minimum absolute atomic E-state index is 0.0635. The Bertz CT molecular complexity index is 749. The first-order valence-electron chi connectivity index (χ1n) is 7.85. The number of hydrogen-bond donors (Lipinski definition) is 2. The zero-order valence-electron chi connectivity index (χ0n) is 14.4. The van der Waals surface area contributed by atoms with Crippen molar-refractivity contribution < 1.29 is 18.0 Å². The van der Waals surface area contributed by atoms with Gasteiger partial charge in [-0.15, -0.1) is 10.2 Å². The Hall–Kier alpha value is -1.81. The number of halogens is 3. The van der Waals surface area contributed by atoms with Crippen molar-refractivity contribution >= 4 is 39.8 Å². The molecule has 1 heterocycles. The molecule has 142 valence electrons. The molecule has 0 unspecified atom stereocenters. The number of benzene rings is 1. The average Bonchev–Trinajstić information content (AvgIpc) is 3.00. The number of nitrogens with one attached hydrogen (secondary N) is 2. The molecular weight excluding hydrogens is 385 g/mol. The molecule has 2 rings (SSSR count). The topological polar surface area (TPSA) is 66.9 Å². The molecule has 2 aromatic rings. The van der Waals surface area contributed by atoms with Gasteiger partial charge in [0.1, 0.15) is 0 Å². The highest BCUT2D eigenvalue weighted by molar-refractivity contribution is 8.01. The van der Waals surface area contributed by atoms with Crippen molar-refractivity contribution in [2.45, 2.75) is 37.3 Å². The number of carbonyl (C=O) groups excluding carboxylic acids is 1. The Morgan fingerprint density at radius 2 is 1.92 bits per heavy atom. The molecule has 1 aromatic carbocycles. The molecule has 2 N–H and O–H groups in total. The number of rotatable bonds is 7. The van der Waals surface area contributed by atoms with Crippen LogP contribution in [0.1, 0.15) is 26.3 Å². The maximum Gasteiger partial charge on any atom is 0.418 e. The van der Waals surface area contributed by atoms with E-state index < -0.39 is 11.7 Å². The summed E-state index contributed by atoms with van der Waals surface area (Å²) in [6.07, 6.45) is -4.46. The van der Waals surface area contributed by atoms with Gasteiger partial charge in [-0.3, -0.25) is 4.79 Å². The third-order valence-electron chi connectivity index (χ3n) is 3.60. The van der Waals surface area contributed by atoms with Gasteiger partial charge in [-0.25, -0.2) is 0 Å². The van der Waals surface area contributed by atoms with E-state index in [4.69, 9.17) is 0 Å². The summed E-state index contributed by atoms with van der Waals surface area (Å²) in [6.45, 7) is 5.96. The van der Waals surface area contributed by atoms with Gasteiger partial charge in [0.2, 0.25) is 11.0 Å². The smallest absolute Gasteiger partial charge is 0.353 e. The lowest BCUT2D eigenvalue weighted by Gasteiger charge is -2.16. The van der Waals surface area contributed by atoms with Crippen LogP contribution in [0, 0.1) is 5.92 Å². The van der Waals surface area contributed by atoms with Crippen molar-refractivity contribution in [3.05, 3.63) is 29.8 Å². The van der Waals surface area contributed by atoms with E-state index in [-0.39, 0.29) is 28.5 Å². The predicted octanol–water partition coefficient (Wildman–Crippen LogP) is 4.55. The van der Waals surface area contributed by atoms with Gasteiger partial charge in [-0.2, -0.15) is 13.2 Å². The number of thioether (sulfide) groups is 1. The molecule has 0 fully saturated rings. The molecular formula is C16H19F3N4OS2. The van der Waals surface area contributed by atoms with Gasteiger partial charge in [-0.1, -0.05) is 49.1 Å². The Kier molecular flexibility index (Phi) is 6.87. The fraction of sp³-hybridized carbons (Fsp3) is 0.438. The third-order valence-corrected chi connectivity index (χ3v) is 5.57. The molecule has 1 amide bonds. The molecule has 0 aliphatic heterocycles. The maximum atomic E-state index is 13.0. The minimum Gasteiger partial charge on any atom is -0.353 e. The summed E-state index contributed by atoms with van der Waals surface area (Å²) in [5.74, 6) is 0.378. The number of aromatic nitrogens is 2. The first kappa shape index (κ1) is 20.5. The number of carbonyl (C=O) groups is 1. The predicted molar refractivity (Wildman–Crippen MR) is 97.8 cm³/mol. The van der Waals surface area contributed by atoms with E-state index in [1.807, 2.05) is 20.8 Å². The normalized spacial score (nSPS) is 12.9. The molecule has 26 heavy (non-hydrogen) atoms. The second-order valence-electron chi connectivity index (χ2n) is 5.93. The fourth-order valence-electron chi connectivity index (χ4n) is 1.86. The van der Waals surface area contributed by atoms with Crippen LogP contribution in [-0.2, 0) is 11.0 Å². The van der Waals surface area contributed by atoms with Crippen LogP contribution in [0.25, 0.3) is 0 Å². The molecule has 0 saturated carbocycles. The molecule has 0 spiro atoms. The summed E-state index contributed by atoms with van der Waals surface area (Å²) >= 11 is 2.29. The van der Waals surface area contributed by atoms with E-state index >= 15 is 0 Å². The molecule has 1 aromatic heterocycles. The molecule has 10 heteroatoms. The van der Waals surface area contributed by atoms with Crippen molar-refractivity contribution in [2.24, 2.45) is 5.92 Å². The standard InChI is InChI=1S/C16H19F3N4OS2/c1-9(2)10(3)20-13(24)8-25-15-23-22-14(26-15)21-12-7-5-4-6-11(12)16(17,18)19/h4-7,9-10H,8H2,1-3H3,(H,20,24)(H,21,22)/t10-/m0/s1. The van der Waals surface area contributed by atoms with Crippen LogP contribution in [0.2, 0.25) is 0 Å². The number of para-hydroxylation sites is 1. The maximum absolute atomic E-state index is 13.0. The second kappa shape index (κ2) is 8.72. The van der Waals surface area contributed by atoms with Crippen molar-refractivity contribution in [2.75, 3.05) is 11.1 Å². The largest absolute Gasteiger partial charge is 0.418 e. The van der Waals surface area contributed by atoms with Crippen molar-refractivity contribution in [1.82, 2.24) is 15.5 Å². The van der Waals surface area contributed by atoms with Crippen LogP contribution in [0.3, 0.4) is 0 Å². The van der Waals surface area contributed by atoms with Crippen LogP contribution < -0.4 is 10.6 Å². The van der Waals surface area contributed by atoms with Gasteiger partial charge in [0.15, 0.2) is 4.34 Å². The molecule has 0 saturated heterocycles. The van der Waals surface area contributed by atoms with Gasteiger partial charge in [0.05, 0.1) is 17.0 Å². The molecule has 0 bridgehead atoms. The van der Waals surface area contributed by atoms with E-state index in [9.17, 15) is 18.0 Å². The average molecular weight is 404 g/mol. The summed E-state index contributed by atoms with van der Waals surface area (Å²) < 4.78 is 39.5. The highest BCUT2D eigenvalue weighted by atomic mass is 32.2. The minimum atomic E-state index is -4.46. The quantitative estimate of drug-likeness (QED) is 0.663. The number of anilines is 2. The monoisotopic (exact) mass is 404 g/mol. The number of nitrogens with zero attached hydrogens (tertiary/aromatic N) is 2. The van der Waals surface area contributed by atoms with Crippen LogP contribution in [0.4, 0.5) is 24.0 Å². The molecule has 0 aliphatic rings. The lowest BCUT2D eigenvalue weighted by Crippen LogP contribution is -2.37. The Labute approximate surface area is 157 Å². The lowest BCUT2D eigenvalue weighted by molar-refractivity contribution is -0.137. The molecule has 0 radical (unpaired) electrons. The highest BCUT2D eigenvalue weighted by Crippen LogP contribution is 2.36. The summed E-state index contributed by atoms with van der Waals surface area (Å²) in [6, 6.07) is 5.23. The Balaban J connectivity index is 1.96. The number of hydrogen-bond acceptors (Lipinski definition) is 6. The van der Waals surface area contributed by atoms with Crippen molar-refractivity contribution in [3.8, 4) is 0 Å². The lowest BCUT2D eigenvalue weighted by atomic mass is 10.1.